The molecule has 3 aromatic heterocycles. The van der Waals surface area contributed by atoms with Crippen molar-refractivity contribution in [2.75, 3.05) is 0 Å². The van der Waals surface area contributed by atoms with E-state index in [1.807, 2.05) is 6.07 Å². The van der Waals surface area contributed by atoms with Crippen LogP contribution in [-0.4, -0.2) is 14.5 Å². The van der Waals surface area contributed by atoms with E-state index in [9.17, 15) is 0 Å². The van der Waals surface area contributed by atoms with Crippen LogP contribution >= 0.6 is 11.3 Å². The molecule has 0 spiro atoms. The summed E-state index contributed by atoms with van der Waals surface area (Å²) in [7, 11) is 0. The maximum atomic E-state index is 5.37. The second-order valence-corrected chi connectivity index (χ2v) is 15.2. The third-order valence-electron chi connectivity index (χ3n) is 10.8. The van der Waals surface area contributed by atoms with Crippen LogP contribution in [0.5, 0.6) is 0 Å². The van der Waals surface area contributed by atoms with E-state index in [0.717, 1.165) is 60.6 Å². The van der Waals surface area contributed by atoms with Crippen molar-refractivity contribution in [2.24, 2.45) is 0 Å². The Labute approximate surface area is 328 Å². The number of nitrogens with zero attached hydrogens (tertiary/aromatic N) is 3. The van der Waals surface area contributed by atoms with E-state index in [1.165, 1.54) is 43.2 Å². The van der Waals surface area contributed by atoms with Crippen LogP contribution in [0.25, 0.3) is 104 Å². The largest absolute Gasteiger partial charge is 0.309 e. The predicted octanol–water partition coefficient (Wildman–Crippen LogP) is 14.3. The van der Waals surface area contributed by atoms with Crippen molar-refractivity contribution in [1.82, 2.24) is 14.5 Å². The molecule has 0 atom stereocenters. The van der Waals surface area contributed by atoms with Gasteiger partial charge in [-0.1, -0.05) is 158 Å². The third-order valence-corrected chi connectivity index (χ3v) is 12.0. The van der Waals surface area contributed by atoms with Gasteiger partial charge in [0.2, 0.25) is 0 Å². The Morgan fingerprint density at radius 1 is 0.393 bits per heavy atom. The molecule has 0 amide bonds. The van der Waals surface area contributed by atoms with Crippen LogP contribution in [0.4, 0.5) is 0 Å². The van der Waals surface area contributed by atoms with E-state index in [2.05, 4.69) is 199 Å². The predicted molar refractivity (Wildman–Crippen MR) is 236 cm³/mol. The van der Waals surface area contributed by atoms with Crippen LogP contribution in [0.15, 0.2) is 200 Å². The van der Waals surface area contributed by atoms with Crippen molar-refractivity contribution in [3.8, 4) is 61.7 Å². The van der Waals surface area contributed by atoms with Gasteiger partial charge in [0, 0.05) is 37.7 Å². The summed E-state index contributed by atoms with van der Waals surface area (Å²) in [5, 5.41) is 3.65. The maximum absolute atomic E-state index is 5.37. The molecule has 262 valence electrons. The minimum atomic E-state index is 0.725. The summed E-state index contributed by atoms with van der Waals surface area (Å²) in [6.45, 7) is 0. The van der Waals surface area contributed by atoms with Crippen molar-refractivity contribution >= 4 is 53.4 Å². The van der Waals surface area contributed by atoms with E-state index < -0.39 is 0 Å². The summed E-state index contributed by atoms with van der Waals surface area (Å²) in [5.74, 6) is 0.725. The van der Waals surface area contributed by atoms with Gasteiger partial charge in [-0.2, -0.15) is 0 Å². The molecular formula is C52H33N3S. The Balaban J connectivity index is 1.12. The zero-order valence-electron chi connectivity index (χ0n) is 30.3. The summed E-state index contributed by atoms with van der Waals surface area (Å²) in [5.41, 5.74) is 14.6. The van der Waals surface area contributed by atoms with Gasteiger partial charge in [-0.05, 0) is 75.8 Å². The molecule has 3 heterocycles. The first-order valence-corrected chi connectivity index (χ1v) is 19.7. The molecule has 0 saturated carbocycles. The van der Waals surface area contributed by atoms with Gasteiger partial charge in [0.25, 0.3) is 0 Å². The minimum Gasteiger partial charge on any atom is -0.309 e. The fraction of sp³-hybridized carbons (Fsp3) is 0. The monoisotopic (exact) mass is 731 g/mol. The lowest BCUT2D eigenvalue weighted by molar-refractivity contribution is 1.18. The average Bonchev–Trinajstić information content (AvgIpc) is 3.83. The van der Waals surface area contributed by atoms with Crippen molar-refractivity contribution in [3.05, 3.63) is 200 Å². The van der Waals surface area contributed by atoms with E-state index in [4.69, 9.17) is 9.97 Å². The van der Waals surface area contributed by atoms with Gasteiger partial charge in [0.05, 0.1) is 26.9 Å². The molecule has 0 fully saturated rings. The smallest absolute Gasteiger partial charge is 0.160 e. The van der Waals surface area contributed by atoms with Crippen LogP contribution in [-0.2, 0) is 0 Å². The molecule has 0 aliphatic carbocycles. The molecule has 0 radical (unpaired) electrons. The van der Waals surface area contributed by atoms with Crippen LogP contribution in [0.1, 0.15) is 0 Å². The van der Waals surface area contributed by atoms with E-state index >= 15 is 0 Å². The van der Waals surface area contributed by atoms with Crippen molar-refractivity contribution in [2.45, 2.75) is 0 Å². The molecule has 0 aliphatic heterocycles. The summed E-state index contributed by atoms with van der Waals surface area (Å²) in [6, 6.07) is 71.4. The molecule has 3 nitrogen and oxygen atoms in total. The highest BCUT2D eigenvalue weighted by atomic mass is 32.1. The molecule has 0 N–H and O–H groups in total. The van der Waals surface area contributed by atoms with Crippen LogP contribution in [0.3, 0.4) is 0 Å². The SMILES string of the molecule is c1ccc(-c2cccc(-c3nc(-c4ccccc4)nc4c3sc3cccc(-c5cccc(-c6cccc7c6c6ccccc6n7-c6ccccc6)c5)c34)c2)cc1. The lowest BCUT2D eigenvalue weighted by atomic mass is 9.94. The highest BCUT2D eigenvalue weighted by Crippen LogP contribution is 2.45. The summed E-state index contributed by atoms with van der Waals surface area (Å²) < 4.78 is 4.66. The zero-order chi connectivity index (χ0) is 37.0. The lowest BCUT2D eigenvalue weighted by Crippen LogP contribution is -1.94. The number of rotatable bonds is 6. The van der Waals surface area contributed by atoms with Crippen LogP contribution < -0.4 is 0 Å². The molecule has 11 rings (SSSR count). The quantitative estimate of drug-likeness (QED) is 0.170. The van der Waals surface area contributed by atoms with Crippen LogP contribution in [0, 0.1) is 0 Å². The van der Waals surface area contributed by atoms with E-state index in [1.54, 1.807) is 11.3 Å². The van der Waals surface area contributed by atoms with Crippen molar-refractivity contribution < 1.29 is 0 Å². The number of hydrogen-bond donors (Lipinski definition) is 0. The maximum Gasteiger partial charge on any atom is 0.160 e. The fourth-order valence-corrected chi connectivity index (χ4v) is 9.47. The standard InChI is InChI=1S/C52H33N3S/c1-4-16-34(17-5-1)36-20-12-23-39(32-36)49-51-50(54-52(53-49)35-18-6-2-7-19-35)48-42(28-15-31-46(48)56-51)38-22-13-21-37(33-38)41-27-14-30-45-47(41)43-26-10-11-29-44(43)55(45)40-24-8-3-9-25-40/h1-33H. The summed E-state index contributed by atoms with van der Waals surface area (Å²) >= 11 is 1.77. The second-order valence-electron chi connectivity index (χ2n) is 14.1. The number of benzene rings is 8. The van der Waals surface area contributed by atoms with Gasteiger partial charge in [-0.25, -0.2) is 9.97 Å². The third kappa shape index (κ3) is 5.34. The molecule has 0 unspecified atom stereocenters. The number of fused-ring (bicyclic) bond motifs is 6. The van der Waals surface area contributed by atoms with E-state index in [-0.39, 0.29) is 0 Å². The second kappa shape index (κ2) is 13.3. The molecule has 11 aromatic rings. The Bertz CT molecular complexity index is 3240. The van der Waals surface area contributed by atoms with Crippen molar-refractivity contribution in [1.29, 1.82) is 0 Å². The number of thiophene rings is 1. The highest BCUT2D eigenvalue weighted by molar-refractivity contribution is 7.26. The zero-order valence-corrected chi connectivity index (χ0v) is 31.1. The molecule has 0 aliphatic rings. The summed E-state index contributed by atoms with van der Waals surface area (Å²) in [6.07, 6.45) is 0. The molecule has 0 bridgehead atoms. The number of para-hydroxylation sites is 2. The lowest BCUT2D eigenvalue weighted by Gasteiger charge is -2.11. The first kappa shape index (κ1) is 32.3. The Kier molecular flexibility index (Phi) is 7.68. The van der Waals surface area contributed by atoms with Gasteiger partial charge in [-0.15, -0.1) is 11.3 Å². The van der Waals surface area contributed by atoms with Crippen molar-refractivity contribution in [3.63, 3.8) is 0 Å². The fourth-order valence-electron chi connectivity index (χ4n) is 8.29. The van der Waals surface area contributed by atoms with Gasteiger partial charge < -0.3 is 4.57 Å². The Morgan fingerprint density at radius 3 is 1.71 bits per heavy atom. The Morgan fingerprint density at radius 2 is 0.946 bits per heavy atom. The van der Waals surface area contributed by atoms with Crippen LogP contribution in [0.2, 0.25) is 0 Å². The summed E-state index contributed by atoms with van der Waals surface area (Å²) in [4.78, 5) is 10.7. The normalized spacial score (nSPS) is 11.6. The average molecular weight is 732 g/mol. The number of aromatic nitrogens is 3. The highest BCUT2D eigenvalue weighted by Gasteiger charge is 2.21. The van der Waals surface area contributed by atoms with Gasteiger partial charge in [0.15, 0.2) is 5.82 Å². The molecule has 8 aromatic carbocycles. The Hall–Kier alpha value is -7.14. The van der Waals surface area contributed by atoms with Gasteiger partial charge in [0.1, 0.15) is 0 Å². The number of hydrogen-bond acceptors (Lipinski definition) is 3. The first-order valence-electron chi connectivity index (χ1n) is 18.9. The topological polar surface area (TPSA) is 30.7 Å². The van der Waals surface area contributed by atoms with Gasteiger partial charge in [-0.3, -0.25) is 0 Å². The molecule has 56 heavy (non-hydrogen) atoms. The van der Waals surface area contributed by atoms with Gasteiger partial charge >= 0.3 is 0 Å². The molecule has 0 saturated heterocycles. The molecular weight excluding hydrogens is 699 g/mol. The first-order chi connectivity index (χ1) is 27.8. The minimum absolute atomic E-state index is 0.725. The molecule has 4 heteroatoms. The van der Waals surface area contributed by atoms with E-state index in [0.29, 0.717) is 0 Å².